The summed E-state index contributed by atoms with van der Waals surface area (Å²) < 4.78 is 0. The number of hydrogen-bond donors (Lipinski definition) is 1. The Kier molecular flexibility index (Phi) is 8.94. The van der Waals surface area contributed by atoms with Gasteiger partial charge in [-0.2, -0.15) is 11.8 Å². The van der Waals surface area contributed by atoms with Gasteiger partial charge in [0, 0.05) is 11.4 Å². The average molecular weight is 254 g/mol. The van der Waals surface area contributed by atoms with Gasteiger partial charge in [-0.05, 0) is 30.9 Å². The van der Waals surface area contributed by atoms with E-state index in [1.54, 1.807) is 0 Å². The SMILES string of the molecule is CSCCCNC(CBr)C(C)C. The third-order valence-corrected chi connectivity index (χ3v) is 3.30. The normalized spacial score (nSPS) is 13.8. The molecule has 0 spiro atoms. The van der Waals surface area contributed by atoms with Crippen LogP contribution in [0.3, 0.4) is 0 Å². The van der Waals surface area contributed by atoms with Gasteiger partial charge in [-0.1, -0.05) is 29.8 Å². The Morgan fingerprint density at radius 3 is 2.50 bits per heavy atom. The quantitative estimate of drug-likeness (QED) is 0.554. The van der Waals surface area contributed by atoms with E-state index in [2.05, 4.69) is 41.3 Å². The predicted molar refractivity (Wildman–Crippen MR) is 63.4 cm³/mol. The number of hydrogen-bond acceptors (Lipinski definition) is 2. The maximum atomic E-state index is 3.54. The van der Waals surface area contributed by atoms with E-state index < -0.39 is 0 Å². The zero-order valence-corrected chi connectivity index (χ0v) is 10.7. The van der Waals surface area contributed by atoms with E-state index in [0.29, 0.717) is 6.04 Å². The Morgan fingerprint density at radius 1 is 1.42 bits per heavy atom. The molecule has 0 rings (SSSR count). The van der Waals surface area contributed by atoms with Gasteiger partial charge in [0.15, 0.2) is 0 Å². The molecule has 1 N–H and O–H groups in total. The second kappa shape index (κ2) is 8.39. The summed E-state index contributed by atoms with van der Waals surface area (Å²) in [6.07, 6.45) is 3.43. The summed E-state index contributed by atoms with van der Waals surface area (Å²) in [5.41, 5.74) is 0. The van der Waals surface area contributed by atoms with Crippen LogP contribution in [-0.4, -0.2) is 29.9 Å². The molecule has 12 heavy (non-hydrogen) atoms. The fourth-order valence-corrected chi connectivity index (χ4v) is 2.38. The molecule has 0 aromatic rings. The van der Waals surface area contributed by atoms with E-state index in [9.17, 15) is 0 Å². The summed E-state index contributed by atoms with van der Waals surface area (Å²) >= 11 is 5.44. The van der Waals surface area contributed by atoms with Gasteiger partial charge < -0.3 is 5.32 Å². The third-order valence-electron chi connectivity index (χ3n) is 1.90. The molecular formula is C9H20BrNS. The molecular weight excluding hydrogens is 234 g/mol. The lowest BCUT2D eigenvalue weighted by molar-refractivity contribution is 0.436. The molecule has 74 valence electrons. The first kappa shape index (κ1) is 12.8. The van der Waals surface area contributed by atoms with Crippen LogP contribution in [0.5, 0.6) is 0 Å². The molecule has 0 aromatic heterocycles. The fraction of sp³-hybridized carbons (Fsp3) is 1.00. The molecule has 0 fully saturated rings. The molecule has 0 aliphatic carbocycles. The lowest BCUT2D eigenvalue weighted by atomic mass is 10.1. The maximum absolute atomic E-state index is 3.54. The van der Waals surface area contributed by atoms with Crippen molar-refractivity contribution < 1.29 is 0 Å². The Labute approximate surface area is 89.2 Å². The molecule has 0 heterocycles. The zero-order valence-electron chi connectivity index (χ0n) is 8.27. The number of nitrogens with one attached hydrogen (secondary N) is 1. The Bertz CT molecular complexity index is 98.5. The predicted octanol–water partition coefficient (Wildman–Crippen LogP) is 2.75. The largest absolute Gasteiger partial charge is 0.313 e. The molecule has 1 unspecified atom stereocenters. The van der Waals surface area contributed by atoms with Crippen LogP contribution in [0.25, 0.3) is 0 Å². The second-order valence-electron chi connectivity index (χ2n) is 3.31. The summed E-state index contributed by atoms with van der Waals surface area (Å²) in [4.78, 5) is 0. The van der Waals surface area contributed by atoms with Gasteiger partial charge >= 0.3 is 0 Å². The van der Waals surface area contributed by atoms with E-state index >= 15 is 0 Å². The summed E-state index contributed by atoms with van der Waals surface area (Å²) in [5, 5.41) is 4.60. The van der Waals surface area contributed by atoms with Gasteiger partial charge in [0.2, 0.25) is 0 Å². The average Bonchev–Trinajstić information content (AvgIpc) is 2.04. The van der Waals surface area contributed by atoms with Gasteiger partial charge in [-0.25, -0.2) is 0 Å². The highest BCUT2D eigenvalue weighted by Gasteiger charge is 2.09. The van der Waals surface area contributed by atoms with Crippen molar-refractivity contribution in [3.05, 3.63) is 0 Å². The minimum atomic E-state index is 0.631. The monoisotopic (exact) mass is 253 g/mol. The first-order valence-corrected chi connectivity index (χ1v) is 7.02. The van der Waals surface area contributed by atoms with Gasteiger partial charge in [-0.15, -0.1) is 0 Å². The number of rotatable bonds is 7. The van der Waals surface area contributed by atoms with Crippen molar-refractivity contribution in [2.75, 3.05) is 23.9 Å². The molecule has 0 aliphatic rings. The van der Waals surface area contributed by atoms with Crippen LogP contribution in [0, 0.1) is 5.92 Å². The Morgan fingerprint density at radius 2 is 2.08 bits per heavy atom. The summed E-state index contributed by atoms with van der Waals surface area (Å²) in [6.45, 7) is 5.66. The van der Waals surface area contributed by atoms with Gasteiger partial charge in [0.25, 0.3) is 0 Å². The van der Waals surface area contributed by atoms with Crippen LogP contribution in [0.15, 0.2) is 0 Å². The minimum Gasteiger partial charge on any atom is -0.313 e. The molecule has 0 saturated heterocycles. The van der Waals surface area contributed by atoms with Crippen molar-refractivity contribution >= 4 is 27.7 Å². The van der Waals surface area contributed by atoms with Crippen LogP contribution in [0.1, 0.15) is 20.3 Å². The molecule has 1 atom stereocenters. The van der Waals surface area contributed by atoms with E-state index in [1.807, 2.05) is 11.8 Å². The van der Waals surface area contributed by atoms with Crippen LogP contribution in [0.4, 0.5) is 0 Å². The zero-order chi connectivity index (χ0) is 9.40. The molecule has 0 saturated carbocycles. The van der Waals surface area contributed by atoms with E-state index in [0.717, 1.165) is 17.8 Å². The van der Waals surface area contributed by atoms with Crippen LogP contribution < -0.4 is 5.32 Å². The first-order chi connectivity index (χ1) is 5.72. The van der Waals surface area contributed by atoms with Crippen molar-refractivity contribution in [3.63, 3.8) is 0 Å². The standard InChI is InChI=1S/C9H20BrNS/c1-8(2)9(7-10)11-5-4-6-12-3/h8-9,11H,4-7H2,1-3H3. The van der Waals surface area contributed by atoms with Crippen LogP contribution in [-0.2, 0) is 0 Å². The minimum absolute atomic E-state index is 0.631. The Balaban J connectivity index is 3.32. The molecule has 0 aromatic carbocycles. The summed E-state index contributed by atoms with van der Waals surface area (Å²) in [6, 6.07) is 0.631. The topological polar surface area (TPSA) is 12.0 Å². The van der Waals surface area contributed by atoms with Crippen LogP contribution in [0.2, 0.25) is 0 Å². The van der Waals surface area contributed by atoms with Crippen molar-refractivity contribution in [2.24, 2.45) is 5.92 Å². The first-order valence-electron chi connectivity index (χ1n) is 4.50. The number of halogens is 1. The number of alkyl halides is 1. The summed E-state index contributed by atoms with van der Waals surface area (Å²) in [5.74, 6) is 1.98. The lowest BCUT2D eigenvalue weighted by Crippen LogP contribution is -2.36. The maximum Gasteiger partial charge on any atom is 0.0188 e. The molecule has 1 nitrogen and oxygen atoms in total. The van der Waals surface area contributed by atoms with Crippen molar-refractivity contribution in [1.29, 1.82) is 0 Å². The van der Waals surface area contributed by atoms with Crippen molar-refractivity contribution in [2.45, 2.75) is 26.3 Å². The highest BCUT2D eigenvalue weighted by atomic mass is 79.9. The highest BCUT2D eigenvalue weighted by Crippen LogP contribution is 2.04. The van der Waals surface area contributed by atoms with Gasteiger partial charge in [0.1, 0.15) is 0 Å². The van der Waals surface area contributed by atoms with Gasteiger partial charge in [-0.3, -0.25) is 0 Å². The Hall–Kier alpha value is 0.790. The molecule has 0 aliphatic heterocycles. The van der Waals surface area contributed by atoms with E-state index in [1.165, 1.54) is 12.2 Å². The fourth-order valence-electron chi connectivity index (χ4n) is 0.972. The molecule has 0 bridgehead atoms. The third kappa shape index (κ3) is 6.32. The van der Waals surface area contributed by atoms with Crippen molar-refractivity contribution in [3.8, 4) is 0 Å². The van der Waals surface area contributed by atoms with Gasteiger partial charge in [0.05, 0.1) is 0 Å². The molecule has 0 amide bonds. The number of thioether (sulfide) groups is 1. The van der Waals surface area contributed by atoms with E-state index in [4.69, 9.17) is 0 Å². The lowest BCUT2D eigenvalue weighted by Gasteiger charge is -2.19. The smallest absolute Gasteiger partial charge is 0.0188 e. The highest BCUT2D eigenvalue weighted by molar-refractivity contribution is 9.09. The van der Waals surface area contributed by atoms with E-state index in [-0.39, 0.29) is 0 Å². The molecule has 0 radical (unpaired) electrons. The molecule has 3 heteroatoms. The van der Waals surface area contributed by atoms with Crippen LogP contribution >= 0.6 is 27.7 Å². The van der Waals surface area contributed by atoms with Crippen molar-refractivity contribution in [1.82, 2.24) is 5.32 Å². The summed E-state index contributed by atoms with van der Waals surface area (Å²) in [7, 11) is 0. The second-order valence-corrected chi connectivity index (χ2v) is 4.94.